The number of carbonyl (C=O) groups is 1. The fourth-order valence-corrected chi connectivity index (χ4v) is 2.95. The van der Waals surface area contributed by atoms with Crippen LogP contribution in [0.3, 0.4) is 0 Å². The van der Waals surface area contributed by atoms with Crippen LogP contribution in [0.4, 0.5) is 0 Å². The molecule has 1 aliphatic rings. The van der Waals surface area contributed by atoms with Crippen molar-refractivity contribution < 1.29 is 4.79 Å². The molecule has 0 unspecified atom stereocenters. The van der Waals surface area contributed by atoms with Gasteiger partial charge in [0.15, 0.2) is 0 Å². The van der Waals surface area contributed by atoms with Crippen molar-refractivity contribution in [3.05, 3.63) is 71.8 Å². The molecule has 0 aromatic heterocycles. The van der Waals surface area contributed by atoms with E-state index in [-0.39, 0.29) is 5.91 Å². The van der Waals surface area contributed by atoms with Crippen molar-refractivity contribution in [2.75, 3.05) is 19.6 Å². The highest BCUT2D eigenvalue weighted by Gasteiger charge is 2.28. The molecule has 1 saturated heterocycles. The molecule has 108 valence electrons. The molecule has 2 atom stereocenters. The van der Waals surface area contributed by atoms with E-state index in [4.69, 9.17) is 0 Å². The molecule has 0 saturated carbocycles. The molecule has 0 radical (unpaired) electrons. The van der Waals surface area contributed by atoms with Gasteiger partial charge in [-0.15, -0.1) is 0 Å². The van der Waals surface area contributed by atoms with Crippen LogP contribution >= 0.6 is 0 Å². The van der Waals surface area contributed by atoms with Gasteiger partial charge in [-0.3, -0.25) is 4.79 Å². The van der Waals surface area contributed by atoms with Gasteiger partial charge < -0.3 is 10.6 Å². The van der Waals surface area contributed by atoms with Crippen LogP contribution < -0.4 is 10.6 Å². The Bertz CT molecular complexity index is 583. The highest BCUT2D eigenvalue weighted by molar-refractivity contribution is 5.94. The Kier molecular flexibility index (Phi) is 4.31. The molecule has 1 heterocycles. The SMILES string of the molecule is O=C(NC[C@H]1CNC[C@H]1c1ccccc1)c1ccccc1. The Labute approximate surface area is 125 Å². The predicted octanol–water partition coefficient (Wildman–Crippen LogP) is 2.42. The maximum atomic E-state index is 12.1. The first-order valence-electron chi connectivity index (χ1n) is 7.43. The minimum absolute atomic E-state index is 0.00862. The van der Waals surface area contributed by atoms with Gasteiger partial charge in [0.05, 0.1) is 0 Å². The van der Waals surface area contributed by atoms with Gasteiger partial charge in [0.1, 0.15) is 0 Å². The van der Waals surface area contributed by atoms with Crippen molar-refractivity contribution in [2.45, 2.75) is 5.92 Å². The van der Waals surface area contributed by atoms with E-state index in [2.05, 4.69) is 34.9 Å². The molecule has 1 fully saturated rings. The summed E-state index contributed by atoms with van der Waals surface area (Å²) in [6, 6.07) is 19.9. The fraction of sp³-hybridized carbons (Fsp3) is 0.278. The summed E-state index contributed by atoms with van der Waals surface area (Å²) in [5, 5.41) is 6.49. The predicted molar refractivity (Wildman–Crippen MR) is 84.3 cm³/mol. The molecule has 3 rings (SSSR count). The smallest absolute Gasteiger partial charge is 0.251 e. The zero-order chi connectivity index (χ0) is 14.5. The topological polar surface area (TPSA) is 41.1 Å². The number of benzene rings is 2. The third kappa shape index (κ3) is 3.31. The molecule has 3 heteroatoms. The van der Waals surface area contributed by atoms with E-state index in [1.54, 1.807) is 0 Å². The molecule has 1 amide bonds. The van der Waals surface area contributed by atoms with Crippen LogP contribution in [0, 0.1) is 5.92 Å². The second-order valence-corrected chi connectivity index (χ2v) is 5.51. The van der Waals surface area contributed by atoms with Crippen molar-refractivity contribution in [1.82, 2.24) is 10.6 Å². The van der Waals surface area contributed by atoms with Crippen molar-refractivity contribution >= 4 is 5.91 Å². The molecule has 2 N–H and O–H groups in total. The lowest BCUT2D eigenvalue weighted by molar-refractivity contribution is 0.0947. The maximum absolute atomic E-state index is 12.1. The van der Waals surface area contributed by atoms with Crippen molar-refractivity contribution in [1.29, 1.82) is 0 Å². The summed E-state index contributed by atoms with van der Waals surface area (Å²) in [7, 11) is 0. The highest BCUT2D eigenvalue weighted by Crippen LogP contribution is 2.27. The van der Waals surface area contributed by atoms with Gasteiger partial charge >= 0.3 is 0 Å². The number of rotatable bonds is 4. The van der Waals surface area contributed by atoms with E-state index < -0.39 is 0 Å². The van der Waals surface area contributed by atoms with Gasteiger partial charge in [0.2, 0.25) is 0 Å². The molecular weight excluding hydrogens is 260 g/mol. The number of nitrogens with one attached hydrogen (secondary N) is 2. The Hall–Kier alpha value is -2.13. The van der Waals surface area contributed by atoms with Gasteiger partial charge in [-0.05, 0) is 23.6 Å². The Morgan fingerprint density at radius 2 is 1.67 bits per heavy atom. The second kappa shape index (κ2) is 6.55. The summed E-state index contributed by atoms with van der Waals surface area (Å²) in [6.07, 6.45) is 0. The first-order valence-corrected chi connectivity index (χ1v) is 7.43. The molecule has 3 nitrogen and oxygen atoms in total. The number of carbonyl (C=O) groups excluding carboxylic acids is 1. The van der Waals surface area contributed by atoms with Crippen LogP contribution in [0.1, 0.15) is 21.8 Å². The van der Waals surface area contributed by atoms with Crippen molar-refractivity contribution in [2.24, 2.45) is 5.92 Å². The summed E-state index contributed by atoms with van der Waals surface area (Å²) in [5.41, 5.74) is 2.07. The summed E-state index contributed by atoms with van der Waals surface area (Å²) in [5.74, 6) is 0.927. The minimum atomic E-state index is 0.00862. The van der Waals surface area contributed by atoms with Gasteiger partial charge in [0.25, 0.3) is 5.91 Å². The largest absolute Gasteiger partial charge is 0.352 e. The number of hydrogen-bond acceptors (Lipinski definition) is 2. The van der Waals surface area contributed by atoms with E-state index in [9.17, 15) is 4.79 Å². The molecule has 0 bridgehead atoms. The Morgan fingerprint density at radius 1 is 1.00 bits per heavy atom. The third-order valence-electron chi connectivity index (χ3n) is 4.13. The van der Waals surface area contributed by atoms with Gasteiger partial charge in [-0.1, -0.05) is 48.5 Å². The van der Waals surface area contributed by atoms with E-state index in [1.165, 1.54) is 5.56 Å². The summed E-state index contributed by atoms with van der Waals surface area (Å²) >= 11 is 0. The molecule has 21 heavy (non-hydrogen) atoms. The van der Waals surface area contributed by atoms with Crippen LogP contribution in [0.15, 0.2) is 60.7 Å². The molecule has 2 aromatic rings. The standard InChI is InChI=1S/C18H20N2O/c21-18(15-9-5-2-6-10-15)20-12-16-11-19-13-17(16)14-7-3-1-4-8-14/h1-10,16-17,19H,11-13H2,(H,20,21)/t16-,17+/m1/s1. The van der Waals surface area contributed by atoms with E-state index in [1.807, 2.05) is 36.4 Å². The van der Waals surface area contributed by atoms with Gasteiger partial charge in [-0.2, -0.15) is 0 Å². The quantitative estimate of drug-likeness (QED) is 0.903. The third-order valence-corrected chi connectivity index (χ3v) is 4.13. The van der Waals surface area contributed by atoms with Gasteiger partial charge in [-0.25, -0.2) is 0 Å². The van der Waals surface area contributed by atoms with Crippen molar-refractivity contribution in [3.8, 4) is 0 Å². The normalized spacial score (nSPS) is 21.1. The fourth-order valence-electron chi connectivity index (χ4n) is 2.95. The molecule has 2 aromatic carbocycles. The number of amides is 1. The summed E-state index contributed by atoms with van der Waals surface area (Å²) in [4.78, 5) is 12.1. The van der Waals surface area contributed by atoms with Crippen LogP contribution in [-0.2, 0) is 0 Å². The van der Waals surface area contributed by atoms with E-state index >= 15 is 0 Å². The lowest BCUT2D eigenvalue weighted by Crippen LogP contribution is -2.32. The van der Waals surface area contributed by atoms with E-state index in [0.717, 1.165) is 18.7 Å². The zero-order valence-corrected chi connectivity index (χ0v) is 12.0. The van der Waals surface area contributed by atoms with E-state index in [0.29, 0.717) is 18.4 Å². The zero-order valence-electron chi connectivity index (χ0n) is 12.0. The van der Waals surface area contributed by atoms with Crippen LogP contribution in [0.5, 0.6) is 0 Å². The lowest BCUT2D eigenvalue weighted by atomic mass is 9.89. The minimum Gasteiger partial charge on any atom is -0.352 e. The lowest BCUT2D eigenvalue weighted by Gasteiger charge is -2.19. The Morgan fingerprint density at radius 3 is 2.38 bits per heavy atom. The van der Waals surface area contributed by atoms with Crippen molar-refractivity contribution in [3.63, 3.8) is 0 Å². The van der Waals surface area contributed by atoms with Crippen LogP contribution in [0.25, 0.3) is 0 Å². The molecule has 1 aliphatic heterocycles. The molecule has 0 spiro atoms. The van der Waals surface area contributed by atoms with Crippen LogP contribution in [0.2, 0.25) is 0 Å². The first kappa shape index (κ1) is 13.8. The number of hydrogen-bond donors (Lipinski definition) is 2. The van der Waals surface area contributed by atoms with Gasteiger partial charge in [0, 0.05) is 31.1 Å². The monoisotopic (exact) mass is 280 g/mol. The maximum Gasteiger partial charge on any atom is 0.251 e. The molecule has 0 aliphatic carbocycles. The molecular formula is C18H20N2O. The second-order valence-electron chi connectivity index (χ2n) is 5.51. The highest BCUT2D eigenvalue weighted by atomic mass is 16.1. The summed E-state index contributed by atoms with van der Waals surface area (Å²) in [6.45, 7) is 2.64. The Balaban J connectivity index is 1.61. The van der Waals surface area contributed by atoms with Crippen LogP contribution in [-0.4, -0.2) is 25.5 Å². The first-order chi connectivity index (χ1) is 10.3. The average molecular weight is 280 g/mol. The average Bonchev–Trinajstić information content (AvgIpc) is 3.03. The summed E-state index contributed by atoms with van der Waals surface area (Å²) < 4.78 is 0.